The summed E-state index contributed by atoms with van der Waals surface area (Å²) in [6.07, 6.45) is 51.7. The molecule has 0 amide bonds. The third-order valence-corrected chi connectivity index (χ3v) is 10.2. The normalized spacial score (nSPS) is 13.9. The highest BCUT2D eigenvalue weighted by atomic mass is 31.2. The second kappa shape index (κ2) is 41.4. The Morgan fingerprint density at radius 2 is 0.909 bits per heavy atom. The van der Waals surface area contributed by atoms with Crippen molar-refractivity contribution in [2.45, 2.75) is 200 Å². The highest BCUT2D eigenvalue weighted by Gasteiger charge is 2.24. The molecule has 9 heteroatoms. The van der Waals surface area contributed by atoms with Crippen LogP contribution in [0.15, 0.2) is 60.8 Å². The summed E-state index contributed by atoms with van der Waals surface area (Å²) in [5, 5.41) is 0. The predicted octanol–water partition coefficient (Wildman–Crippen LogP) is 13.9. The van der Waals surface area contributed by atoms with Gasteiger partial charge in [0.25, 0.3) is 0 Å². The number of carbonyl (C=O) groups excluding carboxylic acids is 2. The molecule has 0 spiro atoms. The molecule has 0 aromatic carbocycles. The maximum absolute atomic E-state index is 12.4. The van der Waals surface area contributed by atoms with Crippen LogP contribution >= 0.6 is 7.82 Å². The van der Waals surface area contributed by atoms with Gasteiger partial charge in [0.2, 0.25) is 0 Å². The van der Waals surface area contributed by atoms with E-state index in [-0.39, 0.29) is 19.4 Å². The highest BCUT2D eigenvalue weighted by Crippen LogP contribution is 2.42. The number of allylic oxidation sites excluding steroid dienone is 9. The number of rotatable bonds is 40. The van der Waals surface area contributed by atoms with Crippen molar-refractivity contribution in [2.24, 2.45) is 0 Å². The molecule has 0 aromatic heterocycles. The van der Waals surface area contributed by atoms with Crippen LogP contribution in [0.1, 0.15) is 194 Å². The van der Waals surface area contributed by atoms with Gasteiger partial charge in [0.05, 0.1) is 13.0 Å². The van der Waals surface area contributed by atoms with Gasteiger partial charge < -0.3 is 14.4 Å². The molecule has 0 bridgehead atoms. The first-order valence-electron chi connectivity index (χ1n) is 22.0. The number of unbranched alkanes of at least 4 members (excludes halogenated alkanes) is 20. The monoisotopic (exact) mass is 793 g/mol. The standard InChI is InChI=1S/C46H81O8P/c1-4-6-8-10-12-14-16-18-20-21-22-23-24-25-27-28-30-32-34-36-38-40-45(47)52-42-44(43-53-55(49,50)51-3)54-46(48)41-39-37-35-33-31-29-26-19-17-15-13-11-9-7-5-2/h7,9,13,15,19,26,31,33,37,39,44H,4-6,8,10-12,14,16-18,20-25,27-30,32,34-36,38,40-43H2,1-3H3,(H,49,50)/b9-7-,15-13-,26-19-,33-31-,39-37-. The average Bonchev–Trinajstić information content (AvgIpc) is 3.18. The van der Waals surface area contributed by atoms with Crippen LogP contribution in [0.2, 0.25) is 0 Å². The lowest BCUT2D eigenvalue weighted by molar-refractivity contribution is -0.160. The van der Waals surface area contributed by atoms with E-state index in [2.05, 4.69) is 60.9 Å². The Kier molecular flexibility index (Phi) is 39.7. The molecule has 0 rings (SSSR count). The zero-order valence-electron chi connectivity index (χ0n) is 35.3. The summed E-state index contributed by atoms with van der Waals surface area (Å²) in [5.41, 5.74) is 0. The smallest absolute Gasteiger partial charge is 0.462 e. The van der Waals surface area contributed by atoms with E-state index in [1.54, 1.807) is 6.08 Å². The van der Waals surface area contributed by atoms with Crippen LogP contribution in [0.5, 0.6) is 0 Å². The van der Waals surface area contributed by atoms with Crippen molar-refractivity contribution in [1.82, 2.24) is 0 Å². The number of carbonyl (C=O) groups is 2. The molecule has 0 aromatic rings. The van der Waals surface area contributed by atoms with Crippen LogP contribution in [-0.2, 0) is 32.7 Å². The van der Waals surface area contributed by atoms with Crippen LogP contribution in [-0.4, -0.2) is 43.3 Å². The minimum atomic E-state index is -4.29. The van der Waals surface area contributed by atoms with Crippen LogP contribution in [0.3, 0.4) is 0 Å². The van der Waals surface area contributed by atoms with E-state index in [1.807, 2.05) is 12.2 Å². The van der Waals surface area contributed by atoms with Gasteiger partial charge >= 0.3 is 19.8 Å². The molecule has 0 aliphatic carbocycles. The van der Waals surface area contributed by atoms with Crippen molar-refractivity contribution in [3.05, 3.63) is 60.8 Å². The largest absolute Gasteiger partial charge is 0.472 e. The molecule has 0 saturated carbocycles. The molecule has 0 aliphatic rings. The maximum atomic E-state index is 12.4. The zero-order chi connectivity index (χ0) is 40.3. The van der Waals surface area contributed by atoms with E-state index in [0.29, 0.717) is 6.42 Å². The third kappa shape index (κ3) is 41.2. The molecule has 0 fully saturated rings. The molecule has 0 saturated heterocycles. The van der Waals surface area contributed by atoms with E-state index in [1.165, 1.54) is 116 Å². The van der Waals surface area contributed by atoms with Gasteiger partial charge in [-0.3, -0.25) is 18.6 Å². The van der Waals surface area contributed by atoms with E-state index in [0.717, 1.165) is 52.1 Å². The Bertz CT molecular complexity index is 1080. The van der Waals surface area contributed by atoms with Gasteiger partial charge in [-0.2, -0.15) is 0 Å². The molecular weight excluding hydrogens is 711 g/mol. The molecule has 2 unspecified atom stereocenters. The van der Waals surface area contributed by atoms with E-state index in [9.17, 15) is 19.0 Å². The lowest BCUT2D eigenvalue weighted by Crippen LogP contribution is -2.29. The maximum Gasteiger partial charge on any atom is 0.472 e. The molecule has 55 heavy (non-hydrogen) atoms. The fourth-order valence-corrected chi connectivity index (χ4v) is 6.43. The Hall–Kier alpha value is -2.25. The average molecular weight is 793 g/mol. The Labute approximate surface area is 337 Å². The summed E-state index contributed by atoms with van der Waals surface area (Å²) in [6, 6.07) is 0. The third-order valence-electron chi connectivity index (χ3n) is 9.31. The summed E-state index contributed by atoms with van der Waals surface area (Å²) in [5.74, 6) is -0.948. The van der Waals surface area contributed by atoms with Gasteiger partial charge in [-0.05, 0) is 38.5 Å². The minimum Gasteiger partial charge on any atom is -0.462 e. The van der Waals surface area contributed by atoms with E-state index < -0.39 is 32.5 Å². The summed E-state index contributed by atoms with van der Waals surface area (Å²) in [6.45, 7) is 3.70. The minimum absolute atomic E-state index is 0.0124. The van der Waals surface area contributed by atoms with Crippen LogP contribution in [0.4, 0.5) is 0 Å². The predicted molar refractivity (Wildman–Crippen MR) is 230 cm³/mol. The summed E-state index contributed by atoms with van der Waals surface area (Å²) >= 11 is 0. The Morgan fingerprint density at radius 3 is 1.31 bits per heavy atom. The summed E-state index contributed by atoms with van der Waals surface area (Å²) < 4.78 is 31.9. The fourth-order valence-electron chi connectivity index (χ4n) is 5.97. The van der Waals surface area contributed by atoms with Gasteiger partial charge in [-0.25, -0.2) is 4.57 Å². The van der Waals surface area contributed by atoms with Crippen molar-refractivity contribution in [2.75, 3.05) is 20.3 Å². The number of esters is 2. The Morgan fingerprint density at radius 1 is 0.527 bits per heavy atom. The summed E-state index contributed by atoms with van der Waals surface area (Å²) in [4.78, 5) is 34.4. The van der Waals surface area contributed by atoms with Crippen molar-refractivity contribution in [3.8, 4) is 0 Å². The Balaban J connectivity index is 4.03. The van der Waals surface area contributed by atoms with Crippen molar-refractivity contribution in [3.63, 3.8) is 0 Å². The van der Waals surface area contributed by atoms with Gasteiger partial charge in [0.1, 0.15) is 6.61 Å². The first kappa shape index (κ1) is 52.8. The number of hydrogen-bond acceptors (Lipinski definition) is 7. The lowest BCUT2D eigenvalue weighted by atomic mass is 10.0. The number of phosphoric ester groups is 1. The molecule has 0 heterocycles. The lowest BCUT2D eigenvalue weighted by Gasteiger charge is -2.19. The summed E-state index contributed by atoms with van der Waals surface area (Å²) in [7, 11) is -3.24. The van der Waals surface area contributed by atoms with Gasteiger partial charge in [0, 0.05) is 13.5 Å². The molecule has 1 N–H and O–H groups in total. The zero-order valence-corrected chi connectivity index (χ0v) is 36.2. The van der Waals surface area contributed by atoms with Crippen LogP contribution in [0.25, 0.3) is 0 Å². The molecule has 2 atom stereocenters. The van der Waals surface area contributed by atoms with Crippen LogP contribution in [0, 0.1) is 0 Å². The number of phosphoric acid groups is 1. The second-order valence-corrected chi connectivity index (χ2v) is 16.0. The number of hydrogen-bond donors (Lipinski definition) is 1. The van der Waals surface area contributed by atoms with Crippen molar-refractivity contribution in [1.29, 1.82) is 0 Å². The molecule has 318 valence electrons. The molecule has 8 nitrogen and oxygen atoms in total. The van der Waals surface area contributed by atoms with Gasteiger partial charge in [-0.1, -0.05) is 203 Å². The second-order valence-electron chi connectivity index (χ2n) is 14.5. The molecular formula is C46H81O8P. The SMILES string of the molecule is CC/C=C\C/C=C\C/C=C\C/C=C\C/C=C\CC(=O)OC(COC(=O)CCCCCCCCCCCCCCCCCCCCCCC)COP(=O)(O)OC. The van der Waals surface area contributed by atoms with Crippen molar-refractivity contribution >= 4 is 19.8 Å². The van der Waals surface area contributed by atoms with Crippen molar-refractivity contribution < 1.29 is 37.6 Å². The van der Waals surface area contributed by atoms with E-state index in [4.69, 9.17) is 14.0 Å². The van der Waals surface area contributed by atoms with Crippen LogP contribution < -0.4 is 0 Å². The molecule has 0 aliphatic heterocycles. The van der Waals surface area contributed by atoms with E-state index >= 15 is 0 Å². The fraction of sp³-hybridized carbons (Fsp3) is 0.739. The molecule has 0 radical (unpaired) electrons. The quantitative estimate of drug-likeness (QED) is 0.0283. The van der Waals surface area contributed by atoms with Gasteiger partial charge in [0.15, 0.2) is 6.10 Å². The first-order chi connectivity index (χ1) is 26.8. The van der Waals surface area contributed by atoms with Gasteiger partial charge in [-0.15, -0.1) is 0 Å². The topological polar surface area (TPSA) is 108 Å². The highest BCUT2D eigenvalue weighted by molar-refractivity contribution is 7.47. The first-order valence-corrected chi connectivity index (χ1v) is 23.5. The number of ether oxygens (including phenoxy) is 2.